The van der Waals surface area contributed by atoms with Gasteiger partial charge in [-0.15, -0.1) is 0 Å². The Labute approximate surface area is 414 Å². The van der Waals surface area contributed by atoms with Gasteiger partial charge in [0.15, 0.2) is 29.2 Å². The van der Waals surface area contributed by atoms with Gasteiger partial charge in [0.1, 0.15) is 22.7 Å². The number of ether oxygens (including phenoxy) is 4. The highest BCUT2D eigenvalue weighted by Crippen LogP contribution is 2.40. The Morgan fingerprint density at radius 2 is 0.833 bits per heavy atom. The van der Waals surface area contributed by atoms with Crippen LogP contribution in [0.25, 0.3) is 22.3 Å². The molecule has 0 unspecified atom stereocenters. The van der Waals surface area contributed by atoms with Gasteiger partial charge in [0, 0.05) is 13.1 Å². The normalized spacial score (nSPS) is 16.8. The summed E-state index contributed by atoms with van der Waals surface area (Å²) in [5.74, 6) is -2.43. The van der Waals surface area contributed by atoms with E-state index in [1.165, 1.54) is 72.8 Å². The van der Waals surface area contributed by atoms with Crippen LogP contribution in [0.1, 0.15) is 74.1 Å². The molecule has 2 heterocycles. The molecule has 0 amide bonds. The van der Waals surface area contributed by atoms with Crippen molar-refractivity contribution in [1.29, 1.82) is 0 Å². The van der Waals surface area contributed by atoms with Gasteiger partial charge in [0.2, 0.25) is 0 Å². The largest absolute Gasteiger partial charge is 0.461 e. The third kappa shape index (κ3) is 13.3. The number of halogens is 8. The molecule has 2 aliphatic rings. The molecular weight excluding hydrogens is 1000 g/mol. The van der Waals surface area contributed by atoms with Crippen molar-refractivity contribution in [2.75, 3.05) is 32.7 Å². The number of hydrogen-bond acceptors (Lipinski definition) is 12. The van der Waals surface area contributed by atoms with Crippen molar-refractivity contribution >= 4 is 31.6 Å². The lowest BCUT2D eigenvalue weighted by atomic mass is 9.95. The second-order valence-corrected chi connectivity index (χ2v) is 23.7. The number of nitrogens with one attached hydrogen (secondary N) is 1. The van der Waals surface area contributed by atoms with Crippen molar-refractivity contribution < 1.29 is 80.5 Å². The summed E-state index contributed by atoms with van der Waals surface area (Å²) in [6, 6.07) is 21.6. The summed E-state index contributed by atoms with van der Waals surface area (Å²) < 4.78 is 172. The van der Waals surface area contributed by atoms with Crippen molar-refractivity contribution in [1.82, 2.24) is 10.2 Å². The Hall–Kier alpha value is -5.32. The third-order valence-electron chi connectivity index (χ3n) is 11.8. The van der Waals surface area contributed by atoms with E-state index in [-0.39, 0.29) is 35.5 Å². The predicted molar refractivity (Wildman–Crippen MR) is 252 cm³/mol. The zero-order chi connectivity index (χ0) is 53.7. The number of alkyl halides is 8. The molecule has 0 radical (unpaired) electrons. The van der Waals surface area contributed by atoms with Gasteiger partial charge in [0.05, 0.1) is 9.79 Å². The number of likely N-dealkylation sites (tertiary alicyclic amines) is 1. The van der Waals surface area contributed by atoms with Crippen molar-refractivity contribution in [2.45, 2.75) is 130 Å². The second kappa shape index (κ2) is 22.0. The molecule has 396 valence electrons. The SMILES string of the molecule is CC(C)(C)OC(=O)C1(S(=O)(=O)c2ccc(-c3ccc(OC(F)(F)C(F)F)cc3)cc2)CCNCC1.CCN1CCC(C(=O)OC(C)(C)C)(S(=O)(=O)c2ccc(-c3ccc(OC(F)(F)C(F)F)cc3)cc2)CC1. The molecule has 6 rings (SSSR count). The first-order valence-corrected chi connectivity index (χ1v) is 25.8. The Balaban J connectivity index is 0.000000268. The number of sulfone groups is 2. The van der Waals surface area contributed by atoms with Gasteiger partial charge in [-0.25, -0.2) is 16.8 Å². The second-order valence-electron chi connectivity index (χ2n) is 19.2. The molecule has 2 fully saturated rings. The van der Waals surface area contributed by atoms with Gasteiger partial charge in [-0.2, -0.15) is 35.1 Å². The average Bonchev–Trinajstić information content (AvgIpc) is 3.31. The Morgan fingerprint density at radius 1 is 0.542 bits per heavy atom. The Morgan fingerprint density at radius 3 is 1.11 bits per heavy atom. The zero-order valence-corrected chi connectivity index (χ0v) is 42.3. The van der Waals surface area contributed by atoms with Gasteiger partial charge in [0.25, 0.3) is 0 Å². The minimum atomic E-state index is -4.62. The summed E-state index contributed by atoms with van der Waals surface area (Å²) >= 11 is 0. The number of nitrogens with zero attached hydrogens (tertiary/aromatic N) is 1. The summed E-state index contributed by atoms with van der Waals surface area (Å²) in [6.07, 6.45) is -16.8. The fraction of sp³-hybridized carbons (Fsp3) is 0.480. The number of piperidine rings is 2. The maximum Gasteiger partial charge on any atom is 0.461 e. The highest BCUT2D eigenvalue weighted by Gasteiger charge is 2.56. The molecule has 4 aromatic rings. The van der Waals surface area contributed by atoms with E-state index in [9.17, 15) is 61.5 Å². The van der Waals surface area contributed by atoms with Crippen LogP contribution in [0.4, 0.5) is 35.1 Å². The molecule has 0 bridgehead atoms. The van der Waals surface area contributed by atoms with Crippen LogP contribution < -0.4 is 14.8 Å². The molecule has 72 heavy (non-hydrogen) atoms. The van der Waals surface area contributed by atoms with Crippen molar-refractivity contribution in [3.05, 3.63) is 97.1 Å². The first-order chi connectivity index (χ1) is 33.3. The fourth-order valence-electron chi connectivity index (χ4n) is 7.91. The molecule has 4 aromatic carbocycles. The number of rotatable bonds is 15. The van der Waals surface area contributed by atoms with Gasteiger partial charge >= 0.3 is 37.0 Å². The predicted octanol–water partition coefficient (Wildman–Crippen LogP) is 10.4. The maximum atomic E-state index is 13.8. The van der Waals surface area contributed by atoms with E-state index in [2.05, 4.69) is 19.7 Å². The number of carbonyl (C=O) groups is 2. The maximum absolute atomic E-state index is 13.8. The molecule has 2 aliphatic heterocycles. The van der Waals surface area contributed by atoms with Crippen LogP contribution in [-0.4, -0.2) is 112 Å². The highest BCUT2D eigenvalue weighted by molar-refractivity contribution is 7.94. The summed E-state index contributed by atoms with van der Waals surface area (Å²) in [6.45, 7) is 14.3. The lowest BCUT2D eigenvalue weighted by molar-refractivity contribution is -0.253. The standard InChI is InChI=1S/C26H31F4NO5S.C24H27F4NO5S/c1-5-31-16-14-25(15-17-31,23(32)36-24(2,3)4)37(33,34)21-12-8-19(9-13-21)18-6-10-20(11-7-18)35-26(29,30)22(27)28;1-22(2,3)34-21(30)23(12-14-29-15-13-23)35(31,32)19-10-6-17(7-11-19)16-4-8-18(9-5-16)33-24(27,28)20(25)26/h6-13,22H,5,14-17H2,1-4H3;4-11,20,29H,12-15H2,1-3H3. The van der Waals surface area contributed by atoms with Crippen LogP contribution in [0.3, 0.4) is 0 Å². The van der Waals surface area contributed by atoms with Gasteiger partial charge < -0.3 is 29.2 Å². The van der Waals surface area contributed by atoms with Crippen molar-refractivity contribution in [3.63, 3.8) is 0 Å². The van der Waals surface area contributed by atoms with Crippen LogP contribution in [0.2, 0.25) is 0 Å². The van der Waals surface area contributed by atoms with Crippen LogP contribution in [0.5, 0.6) is 11.5 Å². The van der Waals surface area contributed by atoms with E-state index >= 15 is 0 Å². The van der Waals surface area contributed by atoms with Crippen LogP contribution in [0, 0.1) is 0 Å². The van der Waals surface area contributed by atoms with E-state index < -0.39 is 88.9 Å². The third-order valence-corrected chi connectivity index (χ3v) is 16.8. The minimum absolute atomic E-state index is 0.0383. The topological polar surface area (TPSA) is 155 Å². The molecular formula is C50H58F8N2O10S2. The van der Waals surface area contributed by atoms with Crippen molar-refractivity contribution in [3.8, 4) is 33.8 Å². The van der Waals surface area contributed by atoms with Gasteiger partial charge in [-0.3, -0.25) is 9.59 Å². The lowest BCUT2D eigenvalue weighted by Crippen LogP contribution is -2.56. The van der Waals surface area contributed by atoms with E-state index in [1.54, 1.807) is 41.5 Å². The van der Waals surface area contributed by atoms with Gasteiger partial charge in [-0.1, -0.05) is 55.5 Å². The molecule has 12 nitrogen and oxygen atoms in total. The number of benzene rings is 4. The minimum Gasteiger partial charge on any atom is -0.459 e. The number of esters is 2. The quantitative estimate of drug-likeness (QED) is 0.0890. The Bertz CT molecular complexity index is 2700. The van der Waals surface area contributed by atoms with Crippen LogP contribution in [-0.2, 0) is 38.7 Å². The monoisotopic (exact) mass is 1060 g/mol. The molecule has 0 saturated carbocycles. The summed E-state index contributed by atoms with van der Waals surface area (Å²) in [5, 5.41) is 3.07. The summed E-state index contributed by atoms with van der Waals surface area (Å²) in [5.41, 5.74) is 0.426. The van der Waals surface area contributed by atoms with E-state index in [4.69, 9.17) is 9.47 Å². The Kier molecular flexibility index (Phi) is 17.6. The number of hydrogen-bond donors (Lipinski definition) is 1. The fourth-order valence-corrected chi connectivity index (χ4v) is 11.8. The van der Waals surface area contributed by atoms with Crippen LogP contribution >= 0.6 is 0 Å². The highest BCUT2D eigenvalue weighted by atomic mass is 32.2. The molecule has 0 aromatic heterocycles. The lowest BCUT2D eigenvalue weighted by Gasteiger charge is -2.40. The molecule has 22 heteroatoms. The molecule has 0 aliphatic carbocycles. The summed E-state index contributed by atoms with van der Waals surface area (Å²) in [4.78, 5) is 28.3. The molecule has 2 saturated heterocycles. The smallest absolute Gasteiger partial charge is 0.459 e. The zero-order valence-electron chi connectivity index (χ0n) is 40.6. The first-order valence-electron chi connectivity index (χ1n) is 22.8. The van der Waals surface area contributed by atoms with E-state index in [1.807, 2.05) is 6.92 Å². The van der Waals surface area contributed by atoms with Crippen molar-refractivity contribution in [2.24, 2.45) is 0 Å². The first kappa shape index (κ1) is 57.6. The van der Waals surface area contributed by atoms with Crippen LogP contribution in [0.15, 0.2) is 107 Å². The molecule has 0 atom stereocenters. The summed E-state index contributed by atoms with van der Waals surface area (Å²) in [7, 11) is -8.25. The number of carbonyl (C=O) groups excluding carboxylic acids is 2. The van der Waals surface area contributed by atoms with E-state index in [0.29, 0.717) is 48.4 Å². The average molecular weight is 1060 g/mol. The van der Waals surface area contributed by atoms with E-state index in [0.717, 1.165) is 30.8 Å². The van der Waals surface area contributed by atoms with Gasteiger partial charge in [-0.05, 0) is 158 Å². The molecule has 0 spiro atoms. The molecule has 1 N–H and O–H groups in total.